The summed E-state index contributed by atoms with van der Waals surface area (Å²) >= 11 is 0. The lowest BCUT2D eigenvalue weighted by molar-refractivity contribution is 0.173. The summed E-state index contributed by atoms with van der Waals surface area (Å²) in [5, 5.41) is 9.11. The monoisotopic (exact) mass is 185 g/mol. The van der Waals surface area contributed by atoms with E-state index in [-0.39, 0.29) is 6.10 Å². The van der Waals surface area contributed by atoms with Crippen LogP contribution in [-0.4, -0.2) is 35.7 Å². The maximum absolute atomic E-state index is 9.11. The van der Waals surface area contributed by atoms with Crippen LogP contribution in [0.25, 0.3) is 0 Å². The third-order valence-corrected chi connectivity index (χ3v) is 2.85. The molecule has 0 aromatic rings. The molecule has 0 aromatic heterocycles. The van der Waals surface area contributed by atoms with Crippen LogP contribution in [0.3, 0.4) is 0 Å². The van der Waals surface area contributed by atoms with Crippen LogP contribution in [0.1, 0.15) is 40.0 Å². The van der Waals surface area contributed by atoms with Gasteiger partial charge in [-0.05, 0) is 44.7 Å². The zero-order chi connectivity index (χ0) is 9.90. The van der Waals surface area contributed by atoms with Gasteiger partial charge in [0.15, 0.2) is 0 Å². The predicted molar refractivity (Wildman–Crippen MR) is 55.8 cm³/mol. The van der Waals surface area contributed by atoms with Crippen molar-refractivity contribution in [2.45, 2.75) is 46.1 Å². The Morgan fingerprint density at radius 1 is 1.46 bits per heavy atom. The Labute approximate surface area is 81.9 Å². The van der Waals surface area contributed by atoms with Crippen molar-refractivity contribution in [3.05, 3.63) is 0 Å². The number of rotatable bonds is 4. The third kappa shape index (κ3) is 4.10. The van der Waals surface area contributed by atoms with E-state index in [2.05, 4.69) is 18.7 Å². The Kier molecular flexibility index (Phi) is 3.74. The molecule has 78 valence electrons. The highest BCUT2D eigenvalue weighted by molar-refractivity contribution is 4.82. The van der Waals surface area contributed by atoms with Crippen LogP contribution in [0.5, 0.6) is 0 Å². The van der Waals surface area contributed by atoms with Crippen molar-refractivity contribution >= 4 is 0 Å². The smallest absolute Gasteiger partial charge is 0.0512 e. The first-order chi connectivity index (χ1) is 5.99. The Morgan fingerprint density at radius 3 is 2.62 bits per heavy atom. The molecule has 1 heterocycles. The SMILES string of the molecule is CC(O)CCCN1CCC(C)(C)C1. The van der Waals surface area contributed by atoms with Crippen molar-refractivity contribution in [1.82, 2.24) is 4.90 Å². The number of nitrogens with zero attached hydrogens (tertiary/aromatic N) is 1. The van der Waals surface area contributed by atoms with E-state index in [0.717, 1.165) is 19.4 Å². The molecule has 1 atom stereocenters. The largest absolute Gasteiger partial charge is 0.393 e. The molecule has 1 aliphatic heterocycles. The van der Waals surface area contributed by atoms with E-state index in [1.54, 1.807) is 0 Å². The van der Waals surface area contributed by atoms with Gasteiger partial charge < -0.3 is 10.0 Å². The van der Waals surface area contributed by atoms with Crippen LogP contribution in [0.2, 0.25) is 0 Å². The lowest BCUT2D eigenvalue weighted by Crippen LogP contribution is -2.24. The molecule has 1 fully saturated rings. The van der Waals surface area contributed by atoms with Gasteiger partial charge in [-0.15, -0.1) is 0 Å². The standard InChI is InChI=1S/C11H23NO/c1-10(13)5-4-7-12-8-6-11(2,3)9-12/h10,13H,4-9H2,1-3H3. The third-order valence-electron chi connectivity index (χ3n) is 2.85. The van der Waals surface area contributed by atoms with E-state index in [9.17, 15) is 0 Å². The zero-order valence-electron chi connectivity index (χ0n) is 9.21. The highest BCUT2D eigenvalue weighted by atomic mass is 16.3. The van der Waals surface area contributed by atoms with Crippen molar-refractivity contribution in [3.63, 3.8) is 0 Å². The Hall–Kier alpha value is -0.0800. The number of aliphatic hydroxyl groups is 1. The van der Waals surface area contributed by atoms with E-state index >= 15 is 0 Å². The average Bonchev–Trinajstić information content (AvgIpc) is 2.29. The number of hydrogen-bond acceptors (Lipinski definition) is 2. The molecule has 0 bridgehead atoms. The molecule has 0 radical (unpaired) electrons. The predicted octanol–water partition coefficient (Wildman–Crippen LogP) is 1.88. The van der Waals surface area contributed by atoms with Gasteiger partial charge in [0.25, 0.3) is 0 Å². The summed E-state index contributed by atoms with van der Waals surface area (Å²) in [6.07, 6.45) is 3.27. The molecule has 2 heteroatoms. The quantitative estimate of drug-likeness (QED) is 0.723. The fourth-order valence-electron chi connectivity index (χ4n) is 2.03. The van der Waals surface area contributed by atoms with Crippen molar-refractivity contribution in [2.75, 3.05) is 19.6 Å². The summed E-state index contributed by atoms with van der Waals surface area (Å²) in [5.41, 5.74) is 0.519. The number of hydrogen-bond donors (Lipinski definition) is 1. The molecule has 2 nitrogen and oxygen atoms in total. The molecule has 0 spiro atoms. The van der Waals surface area contributed by atoms with Gasteiger partial charge >= 0.3 is 0 Å². The maximum atomic E-state index is 9.11. The lowest BCUT2D eigenvalue weighted by atomic mass is 9.93. The van der Waals surface area contributed by atoms with Crippen molar-refractivity contribution in [1.29, 1.82) is 0 Å². The van der Waals surface area contributed by atoms with E-state index in [0.29, 0.717) is 5.41 Å². The van der Waals surface area contributed by atoms with Crippen LogP contribution in [0, 0.1) is 5.41 Å². The van der Waals surface area contributed by atoms with Crippen molar-refractivity contribution < 1.29 is 5.11 Å². The lowest BCUT2D eigenvalue weighted by Gasteiger charge is -2.19. The summed E-state index contributed by atoms with van der Waals surface area (Å²) in [6, 6.07) is 0. The molecule has 1 aliphatic rings. The van der Waals surface area contributed by atoms with Gasteiger partial charge in [-0.1, -0.05) is 13.8 Å². The van der Waals surface area contributed by atoms with E-state index in [4.69, 9.17) is 5.11 Å². The minimum atomic E-state index is -0.129. The van der Waals surface area contributed by atoms with Gasteiger partial charge in [-0.25, -0.2) is 0 Å². The van der Waals surface area contributed by atoms with Gasteiger partial charge in [0, 0.05) is 6.54 Å². The van der Waals surface area contributed by atoms with Crippen LogP contribution in [0.4, 0.5) is 0 Å². The first kappa shape index (κ1) is 11.0. The molecule has 13 heavy (non-hydrogen) atoms. The van der Waals surface area contributed by atoms with E-state index < -0.39 is 0 Å². The second-order valence-corrected chi connectivity index (χ2v) is 5.18. The summed E-state index contributed by atoms with van der Waals surface area (Å²) in [4.78, 5) is 2.52. The van der Waals surface area contributed by atoms with E-state index in [1.807, 2.05) is 6.92 Å². The Morgan fingerprint density at radius 2 is 2.15 bits per heavy atom. The van der Waals surface area contributed by atoms with Crippen LogP contribution in [0.15, 0.2) is 0 Å². The van der Waals surface area contributed by atoms with E-state index in [1.165, 1.54) is 19.5 Å². The van der Waals surface area contributed by atoms with Crippen LogP contribution in [-0.2, 0) is 0 Å². The fourth-order valence-corrected chi connectivity index (χ4v) is 2.03. The molecule has 1 unspecified atom stereocenters. The highest BCUT2D eigenvalue weighted by Gasteiger charge is 2.28. The second-order valence-electron chi connectivity index (χ2n) is 5.18. The molecular formula is C11H23NO. The van der Waals surface area contributed by atoms with Crippen LogP contribution >= 0.6 is 0 Å². The highest BCUT2D eigenvalue weighted by Crippen LogP contribution is 2.28. The van der Waals surface area contributed by atoms with Gasteiger partial charge in [0.05, 0.1) is 6.10 Å². The molecule has 0 aliphatic carbocycles. The van der Waals surface area contributed by atoms with Gasteiger partial charge in [0.1, 0.15) is 0 Å². The number of likely N-dealkylation sites (tertiary alicyclic amines) is 1. The first-order valence-electron chi connectivity index (χ1n) is 5.40. The van der Waals surface area contributed by atoms with Gasteiger partial charge in [-0.3, -0.25) is 0 Å². The topological polar surface area (TPSA) is 23.5 Å². The molecule has 0 saturated carbocycles. The molecule has 0 aromatic carbocycles. The normalized spacial score (nSPS) is 24.9. The minimum Gasteiger partial charge on any atom is -0.393 e. The molecular weight excluding hydrogens is 162 g/mol. The maximum Gasteiger partial charge on any atom is 0.0512 e. The van der Waals surface area contributed by atoms with Gasteiger partial charge in [0.2, 0.25) is 0 Å². The average molecular weight is 185 g/mol. The summed E-state index contributed by atoms with van der Waals surface area (Å²) in [7, 11) is 0. The molecule has 1 N–H and O–H groups in total. The minimum absolute atomic E-state index is 0.129. The molecule has 0 amide bonds. The van der Waals surface area contributed by atoms with Crippen LogP contribution < -0.4 is 0 Å². The zero-order valence-corrected chi connectivity index (χ0v) is 9.21. The van der Waals surface area contributed by atoms with Crippen molar-refractivity contribution in [3.8, 4) is 0 Å². The Balaban J connectivity index is 2.11. The summed E-state index contributed by atoms with van der Waals surface area (Å²) in [6.45, 7) is 10.2. The molecule has 1 rings (SSSR count). The fraction of sp³-hybridized carbons (Fsp3) is 1.00. The first-order valence-corrected chi connectivity index (χ1v) is 5.40. The van der Waals surface area contributed by atoms with Gasteiger partial charge in [-0.2, -0.15) is 0 Å². The van der Waals surface area contributed by atoms with Crippen molar-refractivity contribution in [2.24, 2.45) is 5.41 Å². The summed E-state index contributed by atoms with van der Waals surface area (Å²) in [5.74, 6) is 0. The molecule has 1 saturated heterocycles. The second kappa shape index (κ2) is 4.43. The number of aliphatic hydroxyl groups excluding tert-OH is 1. The Bertz CT molecular complexity index is 154. The summed E-state index contributed by atoms with van der Waals surface area (Å²) < 4.78 is 0.